The molecule has 2 amide bonds. The number of imide groups is 1. The molecule has 4 rings (SSSR count). The fourth-order valence-corrected chi connectivity index (χ4v) is 4.99. The van der Waals surface area contributed by atoms with Gasteiger partial charge in [0.1, 0.15) is 6.61 Å². The van der Waals surface area contributed by atoms with Crippen LogP contribution in [0.25, 0.3) is 6.08 Å². The number of ether oxygens (including phenoxy) is 2. The average Bonchev–Trinajstić information content (AvgIpc) is 3.10. The summed E-state index contributed by atoms with van der Waals surface area (Å²) in [6.45, 7) is 2.91. The molecule has 0 unspecified atom stereocenters. The van der Waals surface area contributed by atoms with Crippen molar-refractivity contribution >= 4 is 72.4 Å². The van der Waals surface area contributed by atoms with Crippen LogP contribution in [0.15, 0.2) is 74.5 Å². The van der Waals surface area contributed by atoms with Gasteiger partial charge in [-0.15, -0.1) is 0 Å². The van der Waals surface area contributed by atoms with E-state index in [1.807, 2.05) is 37.3 Å². The number of carbonyl (C=O) groups is 2. The first-order valence-electron chi connectivity index (χ1n) is 10.7. The summed E-state index contributed by atoms with van der Waals surface area (Å²) in [5, 5.41) is 0.286. The highest BCUT2D eigenvalue weighted by Crippen LogP contribution is 2.39. The lowest BCUT2D eigenvalue weighted by Crippen LogP contribution is -2.27. The molecule has 0 aromatic heterocycles. The maximum absolute atomic E-state index is 13.0. The molecule has 0 aliphatic carbocycles. The van der Waals surface area contributed by atoms with Crippen molar-refractivity contribution in [2.75, 3.05) is 6.61 Å². The summed E-state index contributed by atoms with van der Waals surface area (Å²) in [4.78, 5) is 27.1. The predicted molar refractivity (Wildman–Crippen MR) is 147 cm³/mol. The Morgan fingerprint density at radius 2 is 1.60 bits per heavy atom. The van der Waals surface area contributed by atoms with Crippen molar-refractivity contribution < 1.29 is 19.1 Å². The molecule has 0 radical (unpaired) electrons. The van der Waals surface area contributed by atoms with Crippen LogP contribution in [0.2, 0.25) is 5.02 Å². The van der Waals surface area contributed by atoms with Crippen molar-refractivity contribution in [3.8, 4) is 11.5 Å². The van der Waals surface area contributed by atoms with E-state index in [4.69, 9.17) is 21.1 Å². The van der Waals surface area contributed by atoms with Crippen molar-refractivity contribution in [1.82, 2.24) is 4.90 Å². The van der Waals surface area contributed by atoms with Gasteiger partial charge in [-0.05, 0) is 77.9 Å². The Bertz CT molecular complexity index is 1280. The van der Waals surface area contributed by atoms with Crippen molar-refractivity contribution in [2.24, 2.45) is 0 Å². The molecule has 1 aliphatic rings. The van der Waals surface area contributed by atoms with Gasteiger partial charge in [0.15, 0.2) is 11.5 Å². The molecular weight excluding hydrogens is 618 g/mol. The largest absolute Gasteiger partial charge is 0.490 e. The maximum atomic E-state index is 13.0. The van der Waals surface area contributed by atoms with Gasteiger partial charge in [-0.1, -0.05) is 67.7 Å². The molecule has 0 atom stereocenters. The van der Waals surface area contributed by atoms with Crippen molar-refractivity contribution in [3.05, 3.63) is 96.2 Å². The zero-order valence-corrected chi connectivity index (χ0v) is 23.3. The SMILES string of the molecule is CCOc1cc(/C=C2\SC(=O)N(Cc3ccc(Cl)cc3)C2=O)c(Br)cc1OCc1ccc(Br)cc1. The number of hydrogen-bond acceptors (Lipinski definition) is 5. The number of thioether (sulfide) groups is 1. The van der Waals surface area contributed by atoms with Crippen LogP contribution < -0.4 is 9.47 Å². The smallest absolute Gasteiger partial charge is 0.293 e. The first-order valence-corrected chi connectivity index (χ1v) is 13.5. The Kier molecular flexibility index (Phi) is 8.59. The first kappa shape index (κ1) is 25.8. The van der Waals surface area contributed by atoms with Crippen LogP contribution in [0.1, 0.15) is 23.6 Å². The third kappa shape index (κ3) is 6.50. The van der Waals surface area contributed by atoms with Gasteiger partial charge in [-0.2, -0.15) is 0 Å². The second-order valence-electron chi connectivity index (χ2n) is 7.56. The highest BCUT2D eigenvalue weighted by atomic mass is 79.9. The molecule has 0 spiro atoms. The van der Waals surface area contributed by atoms with E-state index in [2.05, 4.69) is 31.9 Å². The molecule has 1 heterocycles. The molecule has 3 aromatic carbocycles. The molecule has 1 aliphatic heterocycles. The summed E-state index contributed by atoms with van der Waals surface area (Å²) in [5.74, 6) is 0.796. The van der Waals surface area contributed by atoms with E-state index in [0.717, 1.165) is 31.8 Å². The Hall–Kier alpha value is -2.26. The Morgan fingerprint density at radius 3 is 2.29 bits per heavy atom. The van der Waals surface area contributed by atoms with Crippen molar-refractivity contribution in [3.63, 3.8) is 0 Å². The van der Waals surface area contributed by atoms with Crippen LogP contribution in [0, 0.1) is 0 Å². The molecule has 1 saturated heterocycles. The number of halogens is 3. The summed E-state index contributed by atoms with van der Waals surface area (Å²) < 4.78 is 13.5. The van der Waals surface area contributed by atoms with Gasteiger partial charge in [0.25, 0.3) is 11.1 Å². The number of rotatable bonds is 8. The van der Waals surface area contributed by atoms with E-state index in [9.17, 15) is 9.59 Å². The molecule has 35 heavy (non-hydrogen) atoms. The molecular formula is C26H20Br2ClNO4S. The Balaban J connectivity index is 1.54. The lowest BCUT2D eigenvalue weighted by atomic mass is 10.1. The number of hydrogen-bond donors (Lipinski definition) is 0. The summed E-state index contributed by atoms with van der Waals surface area (Å²) >= 11 is 13.8. The fourth-order valence-electron chi connectivity index (χ4n) is 3.33. The number of nitrogens with zero attached hydrogens (tertiary/aromatic N) is 1. The second-order valence-corrected chi connectivity index (χ2v) is 10.8. The quantitative estimate of drug-likeness (QED) is 0.234. The van der Waals surface area contributed by atoms with Gasteiger partial charge in [0.05, 0.1) is 18.1 Å². The van der Waals surface area contributed by atoms with E-state index in [1.165, 1.54) is 4.90 Å². The second kappa shape index (κ2) is 11.6. The van der Waals surface area contributed by atoms with Crippen molar-refractivity contribution in [1.29, 1.82) is 0 Å². The van der Waals surface area contributed by atoms with Crippen LogP contribution in [-0.4, -0.2) is 22.7 Å². The summed E-state index contributed by atoms with van der Waals surface area (Å²) in [7, 11) is 0. The lowest BCUT2D eigenvalue weighted by molar-refractivity contribution is -0.123. The monoisotopic (exact) mass is 635 g/mol. The molecule has 9 heteroatoms. The fraction of sp³-hybridized carbons (Fsp3) is 0.154. The van der Waals surface area contributed by atoms with E-state index >= 15 is 0 Å². The topological polar surface area (TPSA) is 55.8 Å². The third-order valence-electron chi connectivity index (χ3n) is 5.08. The highest BCUT2D eigenvalue weighted by molar-refractivity contribution is 9.10. The van der Waals surface area contributed by atoms with Crippen LogP contribution in [0.4, 0.5) is 4.79 Å². The van der Waals surface area contributed by atoms with Crippen LogP contribution in [0.3, 0.4) is 0 Å². The maximum Gasteiger partial charge on any atom is 0.293 e. The Labute approximate surface area is 229 Å². The van der Waals surface area contributed by atoms with Gasteiger partial charge >= 0.3 is 0 Å². The molecule has 3 aromatic rings. The number of benzene rings is 3. The van der Waals surface area contributed by atoms with Crippen LogP contribution >= 0.6 is 55.2 Å². The predicted octanol–water partition coefficient (Wildman–Crippen LogP) is 8.08. The average molecular weight is 638 g/mol. The summed E-state index contributed by atoms with van der Waals surface area (Å²) in [6.07, 6.45) is 1.69. The van der Waals surface area contributed by atoms with Crippen molar-refractivity contribution in [2.45, 2.75) is 20.1 Å². The zero-order valence-electron chi connectivity index (χ0n) is 18.6. The molecule has 1 fully saturated rings. The van der Waals surface area contributed by atoms with Gasteiger partial charge in [-0.3, -0.25) is 14.5 Å². The van der Waals surface area contributed by atoms with E-state index in [1.54, 1.807) is 36.4 Å². The standard InChI is InChI=1S/C26H20Br2ClNO4S/c1-2-33-22-11-18(21(28)13-23(22)34-15-17-3-7-19(27)8-4-17)12-24-25(31)30(26(32)35-24)14-16-5-9-20(29)10-6-16/h3-13H,2,14-15H2,1H3/b24-12-. The number of amides is 2. The molecule has 0 bridgehead atoms. The highest BCUT2D eigenvalue weighted by Gasteiger charge is 2.35. The van der Waals surface area contributed by atoms with E-state index < -0.39 is 0 Å². The summed E-state index contributed by atoms with van der Waals surface area (Å²) in [5.41, 5.74) is 2.55. The minimum Gasteiger partial charge on any atom is -0.490 e. The van der Waals surface area contributed by atoms with Gasteiger partial charge in [0.2, 0.25) is 0 Å². The van der Waals surface area contributed by atoms with Crippen LogP contribution in [0.5, 0.6) is 11.5 Å². The zero-order chi connectivity index (χ0) is 24.9. The van der Waals surface area contributed by atoms with Crippen LogP contribution in [-0.2, 0) is 17.9 Å². The molecule has 5 nitrogen and oxygen atoms in total. The lowest BCUT2D eigenvalue weighted by Gasteiger charge is -2.14. The molecule has 0 saturated carbocycles. The molecule has 0 N–H and O–H groups in total. The molecule has 180 valence electrons. The Morgan fingerprint density at radius 1 is 0.943 bits per heavy atom. The number of carbonyl (C=O) groups excluding carboxylic acids is 2. The van der Waals surface area contributed by atoms with E-state index in [-0.39, 0.29) is 17.7 Å². The van der Waals surface area contributed by atoms with Gasteiger partial charge in [-0.25, -0.2) is 0 Å². The third-order valence-corrected chi connectivity index (χ3v) is 7.46. The summed E-state index contributed by atoms with van der Waals surface area (Å²) in [6, 6.07) is 18.6. The van der Waals surface area contributed by atoms with Gasteiger partial charge in [0, 0.05) is 14.0 Å². The first-order chi connectivity index (χ1) is 16.8. The minimum absolute atomic E-state index is 0.188. The van der Waals surface area contributed by atoms with E-state index in [0.29, 0.717) is 40.2 Å². The normalized spacial score (nSPS) is 14.6. The minimum atomic E-state index is -0.338. The van der Waals surface area contributed by atoms with Gasteiger partial charge < -0.3 is 9.47 Å².